The summed E-state index contributed by atoms with van der Waals surface area (Å²) in [4.78, 5) is 18.3. The molecule has 6 nitrogen and oxygen atoms in total. The van der Waals surface area contributed by atoms with Crippen LogP contribution in [0.1, 0.15) is 51.2 Å². The maximum Gasteiger partial charge on any atom is 0.217 e. The predicted molar refractivity (Wildman–Crippen MR) is 125 cm³/mol. The van der Waals surface area contributed by atoms with Gasteiger partial charge in [-0.3, -0.25) is 4.79 Å². The molecular formula is C21H35IN4O2. The Hall–Kier alpha value is -1.35. The number of carbonyl (C=O) groups excluding carboxylic acids is 1. The van der Waals surface area contributed by atoms with E-state index in [1.807, 2.05) is 13.8 Å². The van der Waals surface area contributed by atoms with Crippen molar-refractivity contribution in [1.82, 2.24) is 10.2 Å². The highest BCUT2D eigenvalue weighted by Gasteiger charge is 2.23. The van der Waals surface area contributed by atoms with E-state index >= 15 is 0 Å². The van der Waals surface area contributed by atoms with Gasteiger partial charge in [0.15, 0.2) is 5.96 Å². The van der Waals surface area contributed by atoms with E-state index in [0.29, 0.717) is 25.5 Å². The first-order valence-electron chi connectivity index (χ1n) is 9.99. The Bertz CT molecular complexity index is 637. The molecule has 1 aromatic carbocycles. The normalized spacial score (nSPS) is 17.4. The molecule has 1 saturated heterocycles. The molecule has 0 spiro atoms. The van der Waals surface area contributed by atoms with Crippen LogP contribution >= 0.6 is 24.0 Å². The van der Waals surface area contributed by atoms with Crippen LogP contribution in [0.25, 0.3) is 0 Å². The molecule has 1 aliphatic heterocycles. The Kier molecular flexibility index (Phi) is 11.4. The lowest BCUT2D eigenvalue weighted by atomic mass is 9.95. The van der Waals surface area contributed by atoms with Gasteiger partial charge in [0.2, 0.25) is 5.91 Å². The van der Waals surface area contributed by atoms with Crippen LogP contribution in [0.5, 0.6) is 0 Å². The van der Waals surface area contributed by atoms with Crippen molar-refractivity contribution in [3.63, 3.8) is 0 Å². The van der Waals surface area contributed by atoms with E-state index in [-0.39, 0.29) is 36.0 Å². The molecule has 1 aliphatic rings. The summed E-state index contributed by atoms with van der Waals surface area (Å²) in [5, 5.41) is 3.39. The van der Waals surface area contributed by atoms with Gasteiger partial charge in [0, 0.05) is 26.1 Å². The Morgan fingerprint density at radius 3 is 2.82 bits per heavy atom. The number of nitrogens with zero attached hydrogens (tertiary/aromatic N) is 2. The molecule has 0 aromatic heterocycles. The zero-order valence-corrected chi connectivity index (χ0v) is 19.6. The topological polar surface area (TPSA) is 80.0 Å². The summed E-state index contributed by atoms with van der Waals surface area (Å²) in [5.41, 5.74) is 7.72. The smallest absolute Gasteiger partial charge is 0.217 e. The van der Waals surface area contributed by atoms with Crippen molar-refractivity contribution in [3.05, 3.63) is 35.4 Å². The molecule has 1 fully saturated rings. The number of nitrogens with two attached hydrogens (primary N) is 1. The van der Waals surface area contributed by atoms with E-state index in [0.717, 1.165) is 38.4 Å². The fourth-order valence-corrected chi connectivity index (χ4v) is 3.38. The molecule has 0 aliphatic carbocycles. The number of guanidine groups is 1. The number of primary amides is 1. The van der Waals surface area contributed by atoms with Crippen molar-refractivity contribution >= 4 is 35.8 Å². The molecule has 28 heavy (non-hydrogen) atoms. The minimum absolute atomic E-state index is 0. The molecule has 0 radical (unpaired) electrons. The minimum atomic E-state index is -0.218. The zero-order chi connectivity index (χ0) is 19.6. The van der Waals surface area contributed by atoms with Gasteiger partial charge in [-0.05, 0) is 50.7 Å². The van der Waals surface area contributed by atoms with Crippen molar-refractivity contribution in [2.24, 2.45) is 16.6 Å². The number of ether oxygens (including phenoxy) is 1. The molecule has 0 bridgehead atoms. The first kappa shape index (κ1) is 24.7. The highest BCUT2D eigenvalue weighted by Crippen LogP contribution is 2.19. The number of hydrogen-bond donors (Lipinski definition) is 2. The standard InChI is InChI=1S/C21H34N4O2.HI/c1-4-23-21(25-10-6-9-18(14-25)12-20(22)26)24-13-17-7-5-8-19(11-17)15-27-16(2)3;/h5,7-8,11,16,18H,4,6,9-10,12-15H2,1-3H3,(H2,22,26)(H,23,24);1H. The lowest BCUT2D eigenvalue weighted by molar-refractivity contribution is -0.119. The summed E-state index contributed by atoms with van der Waals surface area (Å²) in [7, 11) is 0. The summed E-state index contributed by atoms with van der Waals surface area (Å²) >= 11 is 0. The number of halogens is 1. The third-order valence-electron chi connectivity index (χ3n) is 4.63. The molecular weight excluding hydrogens is 467 g/mol. The van der Waals surface area contributed by atoms with Crippen LogP contribution in [-0.2, 0) is 22.7 Å². The molecule has 3 N–H and O–H groups in total. The number of nitrogens with one attached hydrogen (secondary N) is 1. The number of benzene rings is 1. The Balaban J connectivity index is 0.00000392. The van der Waals surface area contributed by atoms with Gasteiger partial charge >= 0.3 is 0 Å². The van der Waals surface area contributed by atoms with Crippen molar-refractivity contribution in [2.45, 2.75) is 59.3 Å². The maximum absolute atomic E-state index is 11.3. The molecule has 158 valence electrons. The van der Waals surface area contributed by atoms with Crippen LogP contribution in [-0.4, -0.2) is 42.5 Å². The van der Waals surface area contributed by atoms with Gasteiger partial charge in [0.05, 0.1) is 19.3 Å². The van der Waals surface area contributed by atoms with Gasteiger partial charge in [-0.15, -0.1) is 24.0 Å². The SMILES string of the molecule is CCNC(=NCc1cccc(COC(C)C)c1)N1CCCC(CC(N)=O)C1.I. The van der Waals surface area contributed by atoms with Crippen LogP contribution in [0.15, 0.2) is 29.3 Å². The summed E-state index contributed by atoms with van der Waals surface area (Å²) in [6.45, 7) is 10.0. The first-order chi connectivity index (χ1) is 13.0. The number of rotatable bonds is 8. The number of hydrogen-bond acceptors (Lipinski definition) is 3. The van der Waals surface area contributed by atoms with Crippen molar-refractivity contribution in [1.29, 1.82) is 0 Å². The van der Waals surface area contributed by atoms with Crippen LogP contribution < -0.4 is 11.1 Å². The lowest BCUT2D eigenvalue weighted by Gasteiger charge is -2.34. The lowest BCUT2D eigenvalue weighted by Crippen LogP contribution is -2.47. The number of amides is 1. The van der Waals surface area contributed by atoms with Gasteiger partial charge in [-0.1, -0.05) is 24.3 Å². The van der Waals surface area contributed by atoms with E-state index in [4.69, 9.17) is 15.5 Å². The second-order valence-electron chi connectivity index (χ2n) is 7.47. The molecule has 1 atom stereocenters. The van der Waals surface area contributed by atoms with Crippen LogP contribution in [0.4, 0.5) is 0 Å². The van der Waals surface area contributed by atoms with Crippen LogP contribution in [0.2, 0.25) is 0 Å². The van der Waals surface area contributed by atoms with Gasteiger partial charge in [0.1, 0.15) is 0 Å². The Labute approximate surface area is 186 Å². The van der Waals surface area contributed by atoms with E-state index in [2.05, 4.69) is 41.4 Å². The Morgan fingerprint density at radius 2 is 2.14 bits per heavy atom. The summed E-state index contributed by atoms with van der Waals surface area (Å²) in [5.74, 6) is 1.01. The highest BCUT2D eigenvalue weighted by atomic mass is 127. The first-order valence-corrected chi connectivity index (χ1v) is 9.99. The molecule has 2 rings (SSSR count). The van der Waals surface area contributed by atoms with E-state index in [1.165, 1.54) is 11.1 Å². The quantitative estimate of drug-likeness (QED) is 0.325. The molecule has 1 unspecified atom stereocenters. The van der Waals surface area contributed by atoms with Crippen molar-refractivity contribution in [2.75, 3.05) is 19.6 Å². The van der Waals surface area contributed by atoms with E-state index in [9.17, 15) is 4.79 Å². The summed E-state index contributed by atoms with van der Waals surface area (Å²) < 4.78 is 5.69. The van der Waals surface area contributed by atoms with Crippen LogP contribution in [0.3, 0.4) is 0 Å². The van der Waals surface area contributed by atoms with Gasteiger partial charge < -0.3 is 20.7 Å². The molecule has 1 aromatic rings. The fraction of sp³-hybridized carbons (Fsp3) is 0.619. The number of likely N-dealkylation sites (tertiary alicyclic amines) is 1. The van der Waals surface area contributed by atoms with Crippen molar-refractivity contribution in [3.8, 4) is 0 Å². The molecule has 1 amide bonds. The van der Waals surface area contributed by atoms with Crippen LogP contribution in [0, 0.1) is 5.92 Å². The predicted octanol–water partition coefficient (Wildman–Crippen LogP) is 3.28. The van der Waals surface area contributed by atoms with Gasteiger partial charge in [-0.2, -0.15) is 0 Å². The third kappa shape index (κ3) is 8.77. The number of aliphatic imine (C=N–C) groups is 1. The highest BCUT2D eigenvalue weighted by molar-refractivity contribution is 14.0. The summed E-state index contributed by atoms with van der Waals surface area (Å²) in [6, 6.07) is 8.39. The van der Waals surface area contributed by atoms with Gasteiger partial charge in [0.25, 0.3) is 0 Å². The second kappa shape index (κ2) is 13.0. The monoisotopic (exact) mass is 502 g/mol. The van der Waals surface area contributed by atoms with Crippen molar-refractivity contribution < 1.29 is 9.53 Å². The molecule has 0 saturated carbocycles. The maximum atomic E-state index is 11.3. The Morgan fingerprint density at radius 1 is 1.39 bits per heavy atom. The molecule has 1 heterocycles. The average molecular weight is 502 g/mol. The largest absolute Gasteiger partial charge is 0.374 e. The zero-order valence-electron chi connectivity index (χ0n) is 17.3. The second-order valence-corrected chi connectivity index (χ2v) is 7.47. The van der Waals surface area contributed by atoms with E-state index < -0.39 is 0 Å². The number of piperidine rings is 1. The average Bonchev–Trinajstić information content (AvgIpc) is 2.63. The number of carbonyl (C=O) groups is 1. The van der Waals surface area contributed by atoms with Gasteiger partial charge in [-0.25, -0.2) is 4.99 Å². The third-order valence-corrected chi connectivity index (χ3v) is 4.63. The minimum Gasteiger partial charge on any atom is -0.374 e. The fourth-order valence-electron chi connectivity index (χ4n) is 3.38. The molecule has 7 heteroatoms. The summed E-state index contributed by atoms with van der Waals surface area (Å²) in [6.07, 6.45) is 2.79. The van der Waals surface area contributed by atoms with E-state index in [1.54, 1.807) is 0 Å².